The lowest BCUT2D eigenvalue weighted by molar-refractivity contribution is 0.0601. The van der Waals surface area contributed by atoms with Crippen molar-refractivity contribution in [2.75, 3.05) is 32.6 Å². The summed E-state index contributed by atoms with van der Waals surface area (Å²) in [4.78, 5) is 27.0. The van der Waals surface area contributed by atoms with Crippen LogP contribution in [0.2, 0.25) is 0 Å². The molecular formula is C22H36N2O4S2. The van der Waals surface area contributed by atoms with Crippen molar-refractivity contribution in [1.29, 1.82) is 0 Å². The average Bonchev–Trinajstić information content (AvgIpc) is 3.06. The number of nitrogens with one attached hydrogen (secondary N) is 1. The normalized spacial score (nSPS) is 10.6. The molecule has 1 heterocycles. The first-order chi connectivity index (χ1) is 14.4. The number of hydrogen-bond acceptors (Lipinski definition) is 6. The zero-order valence-electron chi connectivity index (χ0n) is 19.0. The molecule has 0 radical (unpaired) electrons. The summed E-state index contributed by atoms with van der Waals surface area (Å²) in [6, 6.07) is 0. The molecule has 0 amide bonds. The number of esters is 2. The molecule has 30 heavy (non-hydrogen) atoms. The van der Waals surface area contributed by atoms with E-state index >= 15 is 0 Å². The van der Waals surface area contributed by atoms with Crippen molar-refractivity contribution in [2.24, 2.45) is 0 Å². The number of thiocarbonyl (C=S) groups is 1. The molecule has 0 saturated carbocycles. The predicted molar refractivity (Wildman–Crippen MR) is 128 cm³/mol. The number of unbranched alkanes of at least 4 members (excludes halogenated alkanes) is 6. The summed E-state index contributed by atoms with van der Waals surface area (Å²) in [5, 5.41) is 4.31. The fourth-order valence-corrected chi connectivity index (χ4v) is 4.65. The Balaban J connectivity index is 3.01. The second-order valence-corrected chi connectivity index (χ2v) is 8.69. The lowest BCUT2D eigenvalue weighted by atomic mass is 10.1. The van der Waals surface area contributed by atoms with Gasteiger partial charge in [-0.15, -0.1) is 11.3 Å². The third kappa shape index (κ3) is 7.87. The number of methoxy groups -OCH3 is 2. The van der Waals surface area contributed by atoms with Crippen LogP contribution < -0.4 is 5.32 Å². The van der Waals surface area contributed by atoms with Crippen LogP contribution in [0.15, 0.2) is 0 Å². The van der Waals surface area contributed by atoms with E-state index in [1.807, 2.05) is 0 Å². The van der Waals surface area contributed by atoms with Gasteiger partial charge in [0.25, 0.3) is 0 Å². The van der Waals surface area contributed by atoms with E-state index in [0.717, 1.165) is 25.9 Å². The number of hydrogen-bond donors (Lipinski definition) is 1. The largest absolute Gasteiger partial charge is 0.465 e. The third-order valence-electron chi connectivity index (χ3n) is 4.98. The van der Waals surface area contributed by atoms with Crippen LogP contribution in [-0.4, -0.2) is 49.3 Å². The van der Waals surface area contributed by atoms with Gasteiger partial charge < -0.3 is 19.7 Å². The molecule has 0 fully saturated rings. The molecule has 0 bridgehead atoms. The minimum atomic E-state index is -0.498. The van der Waals surface area contributed by atoms with Gasteiger partial charge in [-0.2, -0.15) is 0 Å². The van der Waals surface area contributed by atoms with Gasteiger partial charge in [-0.05, 0) is 37.5 Å². The zero-order chi connectivity index (χ0) is 22.5. The topological polar surface area (TPSA) is 67.9 Å². The first-order valence-corrected chi connectivity index (χ1v) is 12.0. The highest BCUT2D eigenvalue weighted by atomic mass is 32.1. The van der Waals surface area contributed by atoms with E-state index < -0.39 is 11.9 Å². The maximum atomic E-state index is 12.4. The van der Waals surface area contributed by atoms with E-state index in [1.54, 1.807) is 6.92 Å². The van der Waals surface area contributed by atoms with Crippen molar-refractivity contribution in [3.8, 4) is 0 Å². The Morgan fingerprint density at radius 1 is 0.933 bits per heavy atom. The number of carbonyl (C=O) groups is 2. The molecule has 0 atom stereocenters. The van der Waals surface area contributed by atoms with Crippen LogP contribution >= 0.6 is 23.6 Å². The molecule has 1 aromatic rings. The van der Waals surface area contributed by atoms with Crippen LogP contribution in [0.4, 0.5) is 5.00 Å². The summed E-state index contributed by atoms with van der Waals surface area (Å²) in [5.41, 5.74) is 0.878. The fraction of sp³-hybridized carbons (Fsp3) is 0.682. The molecular weight excluding hydrogens is 420 g/mol. The highest BCUT2D eigenvalue weighted by Crippen LogP contribution is 2.34. The maximum absolute atomic E-state index is 12.4. The van der Waals surface area contributed by atoms with Crippen LogP contribution in [-0.2, 0) is 9.47 Å². The number of anilines is 1. The van der Waals surface area contributed by atoms with Gasteiger partial charge >= 0.3 is 11.9 Å². The minimum Gasteiger partial charge on any atom is -0.465 e. The van der Waals surface area contributed by atoms with Gasteiger partial charge in [0.2, 0.25) is 0 Å². The second-order valence-electron chi connectivity index (χ2n) is 7.28. The summed E-state index contributed by atoms with van der Waals surface area (Å²) in [7, 11) is 2.65. The molecule has 0 unspecified atom stereocenters. The Kier molecular flexibility index (Phi) is 12.6. The van der Waals surface area contributed by atoms with Crippen molar-refractivity contribution in [2.45, 2.75) is 72.1 Å². The van der Waals surface area contributed by atoms with Gasteiger partial charge in [-0.1, -0.05) is 52.4 Å². The first-order valence-electron chi connectivity index (χ1n) is 10.8. The van der Waals surface area contributed by atoms with E-state index in [1.165, 1.54) is 64.1 Å². The number of rotatable bonds is 13. The van der Waals surface area contributed by atoms with E-state index in [-0.39, 0.29) is 0 Å². The summed E-state index contributed by atoms with van der Waals surface area (Å²) < 4.78 is 9.78. The van der Waals surface area contributed by atoms with Crippen LogP contribution in [0, 0.1) is 6.92 Å². The summed E-state index contributed by atoms with van der Waals surface area (Å²) in [6.07, 6.45) is 9.28. The Bertz CT molecular complexity index is 692. The molecule has 1 aromatic heterocycles. The Morgan fingerprint density at radius 3 is 1.93 bits per heavy atom. The van der Waals surface area contributed by atoms with Gasteiger partial charge in [-0.3, -0.25) is 0 Å². The number of thiophene rings is 1. The first kappa shape index (κ1) is 26.4. The van der Waals surface area contributed by atoms with Gasteiger partial charge in [-0.25, -0.2) is 9.59 Å². The standard InChI is InChI=1S/C22H36N2O4S2/c1-6-8-10-12-14-24(15-13-11-9-7-2)22(29)23-19-17(20(25)27-4)16(3)18(30-19)21(26)28-5/h6-15H2,1-5H3,(H,23,29). The van der Waals surface area contributed by atoms with Gasteiger partial charge in [0.05, 0.1) is 19.8 Å². The van der Waals surface area contributed by atoms with E-state index in [4.69, 9.17) is 21.7 Å². The highest BCUT2D eigenvalue weighted by molar-refractivity contribution is 7.80. The number of ether oxygens (including phenoxy) is 2. The Hall–Kier alpha value is -1.67. The van der Waals surface area contributed by atoms with Crippen LogP contribution in [0.3, 0.4) is 0 Å². The quantitative estimate of drug-likeness (QED) is 0.229. The maximum Gasteiger partial charge on any atom is 0.348 e. The highest BCUT2D eigenvalue weighted by Gasteiger charge is 2.26. The average molecular weight is 457 g/mol. The lowest BCUT2D eigenvalue weighted by Gasteiger charge is -2.26. The monoisotopic (exact) mass is 456 g/mol. The number of nitrogens with zero attached hydrogens (tertiary/aromatic N) is 1. The van der Waals surface area contributed by atoms with E-state index in [0.29, 0.717) is 26.1 Å². The predicted octanol–water partition coefficient (Wildman–Crippen LogP) is 5.79. The van der Waals surface area contributed by atoms with Gasteiger partial charge in [0.1, 0.15) is 9.88 Å². The smallest absolute Gasteiger partial charge is 0.348 e. The summed E-state index contributed by atoms with van der Waals surface area (Å²) in [5.74, 6) is -0.973. The zero-order valence-corrected chi connectivity index (χ0v) is 20.6. The second kappa shape index (κ2) is 14.4. The Labute approximate surface area is 190 Å². The minimum absolute atomic E-state index is 0.335. The van der Waals surface area contributed by atoms with Crippen molar-refractivity contribution < 1.29 is 19.1 Å². The van der Waals surface area contributed by atoms with Gasteiger partial charge in [0.15, 0.2) is 5.11 Å². The summed E-state index contributed by atoms with van der Waals surface area (Å²) >= 11 is 6.87. The molecule has 0 aliphatic heterocycles. The SMILES string of the molecule is CCCCCCN(CCCCCC)C(=S)Nc1sc(C(=O)OC)c(C)c1C(=O)OC. The van der Waals surface area contributed by atoms with Crippen molar-refractivity contribution in [1.82, 2.24) is 4.90 Å². The van der Waals surface area contributed by atoms with E-state index in [9.17, 15) is 9.59 Å². The molecule has 0 aromatic carbocycles. The number of carbonyl (C=O) groups excluding carboxylic acids is 2. The molecule has 1 rings (SSSR count). The van der Waals surface area contributed by atoms with Crippen LogP contribution in [0.5, 0.6) is 0 Å². The molecule has 0 saturated heterocycles. The Morgan fingerprint density at radius 2 is 1.47 bits per heavy atom. The third-order valence-corrected chi connectivity index (χ3v) is 6.53. The fourth-order valence-electron chi connectivity index (χ4n) is 3.19. The van der Waals surface area contributed by atoms with Gasteiger partial charge in [0, 0.05) is 13.1 Å². The molecule has 8 heteroatoms. The molecule has 0 spiro atoms. The molecule has 170 valence electrons. The molecule has 0 aliphatic rings. The summed E-state index contributed by atoms with van der Waals surface area (Å²) in [6.45, 7) is 7.86. The van der Waals surface area contributed by atoms with Crippen molar-refractivity contribution in [3.05, 3.63) is 16.0 Å². The molecule has 1 N–H and O–H groups in total. The van der Waals surface area contributed by atoms with Crippen LogP contribution in [0.1, 0.15) is 90.8 Å². The van der Waals surface area contributed by atoms with Crippen LogP contribution in [0.25, 0.3) is 0 Å². The lowest BCUT2D eigenvalue weighted by Crippen LogP contribution is -2.36. The molecule has 0 aliphatic carbocycles. The van der Waals surface area contributed by atoms with E-state index in [2.05, 4.69) is 24.1 Å². The van der Waals surface area contributed by atoms with Crippen molar-refractivity contribution >= 4 is 45.6 Å². The van der Waals surface area contributed by atoms with Crippen molar-refractivity contribution in [3.63, 3.8) is 0 Å². The molecule has 6 nitrogen and oxygen atoms in total.